The SMILES string of the molecule is CC(=O)[C@@H]1CNC(=O)N1. The first-order valence-electron chi connectivity index (χ1n) is 2.75. The summed E-state index contributed by atoms with van der Waals surface area (Å²) in [4.78, 5) is 20.9. The third-order valence-electron chi connectivity index (χ3n) is 1.26. The standard InChI is InChI=1S/C5H8N2O2/c1-3(8)4-2-6-5(9)7-4/h4H,2H2,1H3,(H2,6,7,9)/t4-/m0/s1. The number of ketones is 1. The van der Waals surface area contributed by atoms with Crippen molar-refractivity contribution in [3.05, 3.63) is 0 Å². The van der Waals surface area contributed by atoms with Gasteiger partial charge in [0, 0.05) is 6.54 Å². The Morgan fingerprint density at radius 2 is 2.44 bits per heavy atom. The molecule has 2 amide bonds. The van der Waals surface area contributed by atoms with Gasteiger partial charge in [-0.15, -0.1) is 0 Å². The summed E-state index contributed by atoms with van der Waals surface area (Å²) in [5.74, 6) is -0.00616. The Morgan fingerprint density at radius 3 is 2.67 bits per heavy atom. The summed E-state index contributed by atoms with van der Waals surface area (Å²) in [7, 11) is 0. The predicted molar refractivity (Wildman–Crippen MR) is 31.0 cm³/mol. The summed E-state index contributed by atoms with van der Waals surface area (Å²) in [6.07, 6.45) is 0. The molecule has 0 spiro atoms. The molecular weight excluding hydrogens is 120 g/mol. The van der Waals surface area contributed by atoms with Crippen molar-refractivity contribution >= 4 is 11.8 Å². The smallest absolute Gasteiger partial charge is 0.315 e. The van der Waals surface area contributed by atoms with Crippen LogP contribution in [0.25, 0.3) is 0 Å². The monoisotopic (exact) mass is 128 g/mol. The minimum Gasteiger partial charge on any atom is -0.336 e. The first kappa shape index (κ1) is 6.07. The maximum Gasteiger partial charge on any atom is 0.315 e. The van der Waals surface area contributed by atoms with Gasteiger partial charge in [0.05, 0.1) is 0 Å². The van der Waals surface area contributed by atoms with E-state index in [-0.39, 0.29) is 17.9 Å². The lowest BCUT2D eigenvalue weighted by Gasteiger charge is -1.99. The van der Waals surface area contributed by atoms with Crippen molar-refractivity contribution in [3.63, 3.8) is 0 Å². The number of urea groups is 1. The molecule has 0 aromatic rings. The third kappa shape index (κ3) is 1.19. The van der Waals surface area contributed by atoms with E-state index >= 15 is 0 Å². The first-order chi connectivity index (χ1) is 4.20. The molecule has 50 valence electrons. The van der Waals surface area contributed by atoms with E-state index in [0.717, 1.165) is 0 Å². The van der Waals surface area contributed by atoms with Gasteiger partial charge in [0.15, 0.2) is 5.78 Å². The third-order valence-corrected chi connectivity index (χ3v) is 1.26. The van der Waals surface area contributed by atoms with Crippen LogP contribution in [0.4, 0.5) is 4.79 Å². The molecule has 0 unspecified atom stereocenters. The predicted octanol–water partition coefficient (Wildman–Crippen LogP) is -0.743. The lowest BCUT2D eigenvalue weighted by molar-refractivity contribution is -0.118. The van der Waals surface area contributed by atoms with Crippen LogP contribution in [0.15, 0.2) is 0 Å². The van der Waals surface area contributed by atoms with Gasteiger partial charge < -0.3 is 10.6 Å². The summed E-state index contributed by atoms with van der Waals surface area (Å²) in [5, 5.41) is 4.93. The molecule has 1 aliphatic heterocycles. The number of rotatable bonds is 1. The highest BCUT2D eigenvalue weighted by atomic mass is 16.2. The van der Waals surface area contributed by atoms with Crippen molar-refractivity contribution in [2.24, 2.45) is 0 Å². The van der Waals surface area contributed by atoms with Crippen molar-refractivity contribution in [2.45, 2.75) is 13.0 Å². The Morgan fingerprint density at radius 1 is 1.78 bits per heavy atom. The second kappa shape index (κ2) is 2.05. The van der Waals surface area contributed by atoms with Gasteiger partial charge in [-0.05, 0) is 6.92 Å². The Bertz CT molecular complexity index is 155. The summed E-state index contributed by atoms with van der Waals surface area (Å²) in [6, 6.07) is -0.562. The topological polar surface area (TPSA) is 58.2 Å². The lowest BCUT2D eigenvalue weighted by atomic mass is 10.2. The molecule has 0 aromatic carbocycles. The lowest BCUT2D eigenvalue weighted by Crippen LogP contribution is -2.32. The number of carbonyl (C=O) groups is 2. The van der Waals surface area contributed by atoms with E-state index in [4.69, 9.17) is 0 Å². The van der Waals surface area contributed by atoms with Gasteiger partial charge in [-0.25, -0.2) is 4.79 Å². The molecular formula is C5H8N2O2. The van der Waals surface area contributed by atoms with Crippen LogP contribution >= 0.6 is 0 Å². The molecule has 0 aromatic heterocycles. The van der Waals surface area contributed by atoms with Crippen LogP contribution in [0.1, 0.15) is 6.92 Å². The largest absolute Gasteiger partial charge is 0.336 e. The van der Waals surface area contributed by atoms with Crippen molar-refractivity contribution in [3.8, 4) is 0 Å². The molecule has 0 radical (unpaired) electrons. The molecule has 0 aliphatic carbocycles. The molecule has 9 heavy (non-hydrogen) atoms. The minimum atomic E-state index is -0.308. The van der Waals surface area contributed by atoms with Crippen LogP contribution in [0, 0.1) is 0 Å². The van der Waals surface area contributed by atoms with E-state index in [1.165, 1.54) is 6.92 Å². The van der Waals surface area contributed by atoms with Crippen LogP contribution in [0.5, 0.6) is 0 Å². The van der Waals surface area contributed by atoms with E-state index < -0.39 is 0 Å². The van der Waals surface area contributed by atoms with Gasteiger partial charge in [-0.3, -0.25) is 4.79 Å². The molecule has 1 heterocycles. The fourth-order valence-electron chi connectivity index (χ4n) is 0.700. The highest BCUT2D eigenvalue weighted by Crippen LogP contribution is 1.90. The second-order valence-electron chi connectivity index (χ2n) is 2.02. The summed E-state index contributed by atoms with van der Waals surface area (Å²) in [5.41, 5.74) is 0. The molecule has 1 atom stereocenters. The molecule has 0 bridgehead atoms. The number of nitrogens with one attached hydrogen (secondary N) is 2. The minimum absolute atomic E-state index is 0.00616. The van der Waals surface area contributed by atoms with Crippen LogP contribution in [0.2, 0.25) is 0 Å². The van der Waals surface area contributed by atoms with Gasteiger partial charge in [0.1, 0.15) is 6.04 Å². The van der Waals surface area contributed by atoms with Gasteiger partial charge >= 0.3 is 6.03 Å². The molecule has 1 rings (SSSR count). The Labute approximate surface area is 52.6 Å². The van der Waals surface area contributed by atoms with E-state index in [0.29, 0.717) is 6.54 Å². The Balaban J connectivity index is 2.48. The number of Topliss-reactive ketones (excluding diaryl/α,β-unsaturated/α-hetero) is 1. The quantitative estimate of drug-likeness (QED) is 0.488. The van der Waals surface area contributed by atoms with Gasteiger partial charge in [-0.1, -0.05) is 0 Å². The van der Waals surface area contributed by atoms with E-state index in [2.05, 4.69) is 10.6 Å². The zero-order valence-corrected chi connectivity index (χ0v) is 5.10. The van der Waals surface area contributed by atoms with E-state index in [9.17, 15) is 9.59 Å². The van der Waals surface area contributed by atoms with Crippen molar-refractivity contribution in [1.82, 2.24) is 10.6 Å². The van der Waals surface area contributed by atoms with Crippen molar-refractivity contribution in [1.29, 1.82) is 0 Å². The summed E-state index contributed by atoms with van der Waals surface area (Å²) in [6.45, 7) is 1.88. The van der Waals surface area contributed by atoms with Crippen LogP contribution in [-0.4, -0.2) is 24.4 Å². The summed E-state index contributed by atoms with van der Waals surface area (Å²) < 4.78 is 0. The molecule has 4 heteroatoms. The fourth-order valence-corrected chi connectivity index (χ4v) is 0.700. The highest BCUT2D eigenvalue weighted by Gasteiger charge is 2.22. The van der Waals surface area contributed by atoms with Crippen LogP contribution < -0.4 is 10.6 Å². The molecule has 2 N–H and O–H groups in total. The number of carbonyl (C=O) groups excluding carboxylic acids is 2. The first-order valence-corrected chi connectivity index (χ1v) is 2.75. The van der Waals surface area contributed by atoms with Gasteiger partial charge in [-0.2, -0.15) is 0 Å². The van der Waals surface area contributed by atoms with Crippen LogP contribution in [-0.2, 0) is 4.79 Å². The second-order valence-corrected chi connectivity index (χ2v) is 2.02. The normalized spacial score (nSPS) is 25.0. The highest BCUT2D eigenvalue weighted by molar-refractivity contribution is 5.90. The molecule has 1 fully saturated rings. The molecule has 4 nitrogen and oxygen atoms in total. The van der Waals surface area contributed by atoms with E-state index in [1.54, 1.807) is 0 Å². The average molecular weight is 128 g/mol. The molecule has 1 saturated heterocycles. The van der Waals surface area contributed by atoms with Crippen molar-refractivity contribution < 1.29 is 9.59 Å². The van der Waals surface area contributed by atoms with Gasteiger partial charge in [0.25, 0.3) is 0 Å². The Kier molecular flexibility index (Phi) is 1.38. The Hall–Kier alpha value is -1.06. The average Bonchev–Trinajstić information content (AvgIpc) is 2.14. The van der Waals surface area contributed by atoms with Crippen LogP contribution in [0.3, 0.4) is 0 Å². The zero-order valence-electron chi connectivity index (χ0n) is 5.10. The summed E-state index contributed by atoms with van der Waals surface area (Å²) >= 11 is 0. The maximum absolute atomic E-state index is 10.5. The maximum atomic E-state index is 10.5. The zero-order chi connectivity index (χ0) is 6.85. The van der Waals surface area contributed by atoms with Crippen molar-refractivity contribution in [2.75, 3.05) is 6.54 Å². The molecule has 1 aliphatic rings. The number of amides is 2. The van der Waals surface area contributed by atoms with E-state index in [1.807, 2.05) is 0 Å². The number of hydrogen-bond donors (Lipinski definition) is 2. The number of hydrogen-bond acceptors (Lipinski definition) is 2. The fraction of sp³-hybridized carbons (Fsp3) is 0.600. The van der Waals surface area contributed by atoms with Gasteiger partial charge in [0.2, 0.25) is 0 Å². The molecule has 0 saturated carbocycles.